The van der Waals surface area contributed by atoms with E-state index < -0.39 is 44.3 Å². The van der Waals surface area contributed by atoms with Crippen molar-refractivity contribution < 1.29 is 40.6 Å². The van der Waals surface area contributed by atoms with Gasteiger partial charge in [0.25, 0.3) is 0 Å². The third-order valence-corrected chi connectivity index (χ3v) is 20.7. The van der Waals surface area contributed by atoms with Crippen LogP contribution in [0.3, 0.4) is 0 Å². The highest BCUT2D eigenvalue weighted by molar-refractivity contribution is 7.89. The highest BCUT2D eigenvalue weighted by Crippen LogP contribution is 2.34. The second kappa shape index (κ2) is 32.1. The van der Waals surface area contributed by atoms with Crippen molar-refractivity contribution in [2.24, 2.45) is 0 Å². The maximum Gasteiger partial charge on any atom is 0.243 e. The summed E-state index contributed by atoms with van der Waals surface area (Å²) in [7, 11) is -8.50. The van der Waals surface area contributed by atoms with E-state index in [9.17, 15) is 26.4 Å². The number of aryl methyl sites for hydroxylation is 4. The van der Waals surface area contributed by atoms with Crippen LogP contribution < -0.4 is 15.4 Å². The Morgan fingerprint density at radius 1 is 0.382 bits per heavy atom. The van der Waals surface area contributed by atoms with Gasteiger partial charge in [-0.15, -0.1) is 0 Å². The summed E-state index contributed by atoms with van der Waals surface area (Å²) >= 11 is 0. The van der Waals surface area contributed by atoms with Crippen LogP contribution in [0.15, 0.2) is 240 Å². The number of ether oxygens (including phenoxy) is 3. The van der Waals surface area contributed by atoms with Gasteiger partial charge in [0, 0.05) is 38.0 Å². The standard InChI is InChI=1S/C74H82N4O9S2/c79-73(75-63(39-19-35-57-23-7-1-8-24-57)40-20-36-58-25-9-2-10-26-58)71-51-67(85-55-61-31-15-5-16-32-61)53-77(71)88(81,82)69-47-43-65(44-48-69)87-66-45-49-70(50-46-66)89(83,84)78-54-68(86-56-62-33-17-6-18-34-62)52-72(78)74(80)76-64(41-21-37-59-27-11-3-12-28-59)42-22-38-60-29-13-4-14-30-60/h1-18,23-34,43-50,63-64,67-68,71-72H,19-22,35-42,51-56H2,(H,75,79)(H,76,80). The lowest BCUT2D eigenvalue weighted by Crippen LogP contribution is -2.48. The van der Waals surface area contributed by atoms with Crippen molar-refractivity contribution in [2.75, 3.05) is 13.1 Å². The number of carbonyl (C=O) groups excluding carboxylic acids is 2. The molecule has 0 saturated carbocycles. The number of carbonyl (C=O) groups is 2. The summed E-state index contributed by atoms with van der Waals surface area (Å²) in [5, 5.41) is 6.61. The van der Waals surface area contributed by atoms with Crippen LogP contribution in [0.4, 0.5) is 0 Å². The van der Waals surface area contributed by atoms with Gasteiger partial charge in [0.1, 0.15) is 23.6 Å². The first-order chi connectivity index (χ1) is 43.4. The molecule has 2 aliphatic heterocycles. The molecule has 0 bridgehead atoms. The number of amides is 2. The lowest BCUT2D eigenvalue weighted by Gasteiger charge is -2.26. The first-order valence-electron chi connectivity index (χ1n) is 31.4. The van der Waals surface area contributed by atoms with Crippen molar-refractivity contribution in [1.82, 2.24) is 19.2 Å². The van der Waals surface area contributed by atoms with Gasteiger partial charge in [-0.25, -0.2) is 16.8 Å². The maximum absolute atomic E-state index is 14.8. The fourth-order valence-electron chi connectivity index (χ4n) is 12.1. The Morgan fingerprint density at radius 2 is 0.652 bits per heavy atom. The monoisotopic (exact) mass is 1230 g/mol. The van der Waals surface area contributed by atoms with Crippen molar-refractivity contribution in [3.8, 4) is 11.5 Å². The third kappa shape index (κ3) is 18.7. The number of hydrogen-bond donors (Lipinski definition) is 2. The maximum atomic E-state index is 14.8. The lowest BCUT2D eigenvalue weighted by molar-refractivity contribution is -0.125. The quantitative estimate of drug-likeness (QED) is 0.0418. The highest BCUT2D eigenvalue weighted by atomic mass is 32.2. The summed E-state index contributed by atoms with van der Waals surface area (Å²) in [4.78, 5) is 29.2. The van der Waals surface area contributed by atoms with E-state index in [0.717, 1.165) is 88.2 Å². The zero-order chi connectivity index (χ0) is 61.7. The van der Waals surface area contributed by atoms with E-state index in [1.165, 1.54) is 55.1 Å². The number of nitrogens with one attached hydrogen (secondary N) is 2. The molecule has 0 spiro atoms. The summed E-state index contributed by atoms with van der Waals surface area (Å²) in [6, 6.07) is 70.1. The molecule has 0 radical (unpaired) electrons. The fourth-order valence-corrected chi connectivity index (χ4v) is 15.4. The van der Waals surface area contributed by atoms with E-state index in [-0.39, 0.29) is 72.8 Å². The van der Waals surface area contributed by atoms with Crippen LogP contribution in [0.2, 0.25) is 0 Å². The zero-order valence-corrected chi connectivity index (χ0v) is 52.1. The minimum atomic E-state index is -4.25. The van der Waals surface area contributed by atoms with E-state index in [0.29, 0.717) is 11.5 Å². The fraction of sp³-hybridized carbons (Fsp3) is 0.324. The molecule has 2 heterocycles. The average molecular weight is 1240 g/mol. The molecule has 2 saturated heterocycles. The van der Waals surface area contributed by atoms with Crippen LogP contribution in [-0.2, 0) is 78.0 Å². The molecule has 2 fully saturated rings. The van der Waals surface area contributed by atoms with Crippen LogP contribution >= 0.6 is 0 Å². The number of benzene rings is 8. The van der Waals surface area contributed by atoms with Gasteiger partial charge in [-0.2, -0.15) is 8.61 Å². The Hall–Kier alpha value is -7.76. The topological polar surface area (TPSA) is 161 Å². The summed E-state index contributed by atoms with van der Waals surface area (Å²) in [6.07, 6.45) is 9.09. The van der Waals surface area contributed by atoms with E-state index in [4.69, 9.17) is 14.2 Å². The predicted molar refractivity (Wildman–Crippen MR) is 349 cm³/mol. The van der Waals surface area contributed by atoms with E-state index in [1.807, 2.05) is 133 Å². The SMILES string of the molecule is O=C(NC(CCCc1ccccc1)CCCc1ccccc1)C1CC(OCc2ccccc2)CN1S(=O)(=O)c1ccc(Oc2ccc(S(=O)(=O)N3CC(OCc4ccccc4)CC3C(=O)NC(CCCc3ccccc3)CCCc3ccccc3)cc2)cc1. The molecule has 89 heavy (non-hydrogen) atoms. The van der Waals surface area contributed by atoms with Crippen LogP contribution in [-0.4, -0.2) is 86.7 Å². The molecule has 0 aliphatic carbocycles. The average Bonchev–Trinajstić information content (AvgIpc) is 2.33. The van der Waals surface area contributed by atoms with Gasteiger partial charge in [0.15, 0.2) is 0 Å². The van der Waals surface area contributed by atoms with Gasteiger partial charge in [0.2, 0.25) is 31.9 Å². The molecule has 15 heteroatoms. The largest absolute Gasteiger partial charge is 0.457 e. The molecular formula is C74H82N4O9S2. The Bertz CT molecular complexity index is 3330. The Morgan fingerprint density at radius 3 is 0.933 bits per heavy atom. The highest BCUT2D eigenvalue weighted by Gasteiger charge is 2.46. The van der Waals surface area contributed by atoms with Crippen molar-refractivity contribution in [2.45, 2.75) is 149 Å². The molecule has 8 aromatic rings. The first kappa shape index (κ1) is 64.2. The molecule has 2 N–H and O–H groups in total. The van der Waals surface area contributed by atoms with Crippen molar-refractivity contribution in [3.05, 3.63) is 264 Å². The van der Waals surface area contributed by atoms with Gasteiger partial charge in [-0.05, 0) is 159 Å². The van der Waals surface area contributed by atoms with Crippen LogP contribution in [0.25, 0.3) is 0 Å². The number of nitrogens with zero attached hydrogens (tertiary/aromatic N) is 2. The van der Waals surface area contributed by atoms with Gasteiger partial charge in [0.05, 0.1) is 35.2 Å². The third-order valence-electron chi connectivity index (χ3n) is 16.9. The summed E-state index contributed by atoms with van der Waals surface area (Å²) in [5.74, 6) is -0.0780. The number of hydrogen-bond acceptors (Lipinski definition) is 9. The summed E-state index contributed by atoms with van der Waals surface area (Å²) in [5.41, 5.74) is 6.78. The molecule has 8 aromatic carbocycles. The van der Waals surface area contributed by atoms with Gasteiger partial charge < -0.3 is 24.8 Å². The molecule has 2 amide bonds. The molecular weight excluding hydrogens is 1150 g/mol. The number of rotatable bonds is 32. The molecule has 4 atom stereocenters. The van der Waals surface area contributed by atoms with E-state index in [2.05, 4.69) is 59.2 Å². The minimum Gasteiger partial charge on any atom is -0.457 e. The molecule has 10 rings (SSSR count). The Balaban J connectivity index is 0.815. The zero-order valence-electron chi connectivity index (χ0n) is 50.5. The second-order valence-electron chi connectivity index (χ2n) is 23.5. The first-order valence-corrected chi connectivity index (χ1v) is 34.3. The number of sulfonamides is 2. The van der Waals surface area contributed by atoms with Gasteiger partial charge in [-0.1, -0.05) is 182 Å². The Kier molecular flexibility index (Phi) is 23.2. The predicted octanol–water partition coefficient (Wildman–Crippen LogP) is 13.2. The molecule has 0 aromatic heterocycles. The van der Waals surface area contributed by atoms with Crippen LogP contribution in [0, 0.1) is 0 Å². The minimum absolute atomic E-state index is 0.0114. The Labute approximate surface area is 526 Å². The van der Waals surface area contributed by atoms with Crippen LogP contribution in [0.1, 0.15) is 97.6 Å². The second-order valence-corrected chi connectivity index (χ2v) is 27.2. The lowest BCUT2D eigenvalue weighted by atomic mass is 9.98. The van der Waals surface area contributed by atoms with Crippen molar-refractivity contribution >= 4 is 31.9 Å². The normalized spacial score (nSPS) is 17.2. The van der Waals surface area contributed by atoms with Crippen molar-refractivity contribution in [3.63, 3.8) is 0 Å². The summed E-state index contributed by atoms with van der Waals surface area (Å²) < 4.78 is 80.7. The molecule has 2 aliphatic rings. The molecule has 4 unspecified atom stereocenters. The van der Waals surface area contributed by atoms with Gasteiger partial charge in [-0.3, -0.25) is 9.59 Å². The smallest absolute Gasteiger partial charge is 0.243 e. The van der Waals surface area contributed by atoms with E-state index in [1.54, 1.807) is 24.3 Å². The van der Waals surface area contributed by atoms with E-state index >= 15 is 0 Å². The molecule has 13 nitrogen and oxygen atoms in total. The molecule has 464 valence electrons. The van der Waals surface area contributed by atoms with Crippen LogP contribution in [0.5, 0.6) is 11.5 Å². The van der Waals surface area contributed by atoms with Gasteiger partial charge >= 0.3 is 0 Å². The summed E-state index contributed by atoms with van der Waals surface area (Å²) in [6.45, 7) is 0.508. The van der Waals surface area contributed by atoms with Crippen molar-refractivity contribution in [1.29, 1.82) is 0 Å².